The van der Waals surface area contributed by atoms with E-state index in [1.807, 2.05) is 0 Å². The number of nitrogens with zero attached hydrogens (tertiary/aromatic N) is 3. The zero-order valence-electron chi connectivity index (χ0n) is 10.7. The number of carbonyl (C=O) groups is 2. The molecule has 7 nitrogen and oxygen atoms in total. The lowest BCUT2D eigenvalue weighted by Crippen LogP contribution is -2.42. The van der Waals surface area contributed by atoms with E-state index in [-0.39, 0.29) is 29.7 Å². The Morgan fingerprint density at radius 2 is 2.00 bits per heavy atom. The van der Waals surface area contributed by atoms with Gasteiger partial charge in [0, 0.05) is 38.1 Å². The highest BCUT2D eigenvalue weighted by atomic mass is 16.5. The lowest BCUT2D eigenvalue weighted by molar-refractivity contribution is -0.135. The van der Waals surface area contributed by atoms with Crippen molar-refractivity contribution < 1.29 is 14.3 Å². The molecule has 1 aliphatic heterocycles. The van der Waals surface area contributed by atoms with E-state index >= 15 is 0 Å². The average Bonchev–Trinajstić information content (AvgIpc) is 2.42. The van der Waals surface area contributed by atoms with Crippen molar-refractivity contribution in [2.75, 3.05) is 20.2 Å². The first-order valence-corrected chi connectivity index (χ1v) is 6.02. The average molecular weight is 265 g/mol. The summed E-state index contributed by atoms with van der Waals surface area (Å²) in [5, 5.41) is 3.91. The van der Waals surface area contributed by atoms with Crippen molar-refractivity contribution in [2.45, 2.75) is 19.4 Å². The fraction of sp³-hybridized carbons (Fsp3) is 0.500. The van der Waals surface area contributed by atoms with Gasteiger partial charge in [-0.3, -0.25) is 14.4 Å². The van der Waals surface area contributed by atoms with Crippen molar-refractivity contribution in [3.05, 3.63) is 22.5 Å². The smallest absolute Gasteiger partial charge is 0.267 e. The van der Waals surface area contributed by atoms with Gasteiger partial charge in [-0.2, -0.15) is 0 Å². The second kappa shape index (κ2) is 5.64. The van der Waals surface area contributed by atoms with E-state index in [4.69, 9.17) is 4.74 Å². The van der Waals surface area contributed by atoms with Crippen LogP contribution in [0.25, 0.3) is 0 Å². The third kappa shape index (κ3) is 3.18. The Labute approximate surface area is 109 Å². The molecule has 1 amide bonds. The summed E-state index contributed by atoms with van der Waals surface area (Å²) in [5.41, 5.74) is -0.359. The highest BCUT2D eigenvalue weighted by Gasteiger charge is 2.21. The fourth-order valence-corrected chi connectivity index (χ4v) is 1.89. The van der Waals surface area contributed by atoms with E-state index in [2.05, 4.69) is 5.10 Å². The molecule has 2 heterocycles. The molecule has 0 saturated carbocycles. The third-order valence-corrected chi connectivity index (χ3v) is 3.01. The van der Waals surface area contributed by atoms with Gasteiger partial charge in [0.1, 0.15) is 12.3 Å². The molecule has 2 rings (SSSR count). The van der Waals surface area contributed by atoms with Crippen LogP contribution in [0.15, 0.2) is 16.9 Å². The van der Waals surface area contributed by atoms with Crippen LogP contribution in [0.4, 0.5) is 0 Å². The van der Waals surface area contributed by atoms with E-state index in [0.717, 1.165) is 4.68 Å². The number of ether oxygens (including phenoxy) is 1. The number of likely N-dealkylation sites (tertiary alicyclic amines) is 1. The number of carbonyl (C=O) groups excluding carboxylic acids is 2. The highest BCUT2D eigenvalue weighted by molar-refractivity contribution is 5.83. The number of methoxy groups -OCH3 is 1. The summed E-state index contributed by atoms with van der Waals surface area (Å²) in [6.07, 6.45) is 0.762. The largest absolute Gasteiger partial charge is 0.480 e. The zero-order chi connectivity index (χ0) is 13.8. The Hall–Kier alpha value is -2.18. The van der Waals surface area contributed by atoms with Crippen LogP contribution in [-0.2, 0) is 16.1 Å². The fourth-order valence-electron chi connectivity index (χ4n) is 1.89. The monoisotopic (exact) mass is 265 g/mol. The topological polar surface area (TPSA) is 81.5 Å². The van der Waals surface area contributed by atoms with Crippen molar-refractivity contribution in [1.29, 1.82) is 0 Å². The summed E-state index contributed by atoms with van der Waals surface area (Å²) in [5.74, 6) is 0.234. The summed E-state index contributed by atoms with van der Waals surface area (Å²) in [4.78, 5) is 36.3. The van der Waals surface area contributed by atoms with Crippen molar-refractivity contribution in [3.63, 3.8) is 0 Å². The van der Waals surface area contributed by atoms with Crippen molar-refractivity contribution in [2.24, 2.45) is 0 Å². The second-order valence-electron chi connectivity index (χ2n) is 4.29. The predicted molar refractivity (Wildman–Crippen MR) is 65.9 cm³/mol. The number of amides is 1. The Morgan fingerprint density at radius 1 is 1.32 bits per heavy atom. The molecule has 1 aromatic rings. The molecule has 0 unspecified atom stereocenters. The minimum absolute atomic E-state index is 0.135. The van der Waals surface area contributed by atoms with E-state index in [9.17, 15) is 14.4 Å². The van der Waals surface area contributed by atoms with Gasteiger partial charge in [-0.05, 0) is 0 Å². The number of aromatic nitrogens is 2. The van der Waals surface area contributed by atoms with Gasteiger partial charge in [-0.15, -0.1) is 5.10 Å². The molecule has 1 aromatic heterocycles. The number of piperidine rings is 1. The van der Waals surface area contributed by atoms with Crippen LogP contribution in [-0.4, -0.2) is 46.6 Å². The number of hydrogen-bond acceptors (Lipinski definition) is 5. The molecule has 0 bridgehead atoms. The van der Waals surface area contributed by atoms with E-state index in [0.29, 0.717) is 25.9 Å². The van der Waals surface area contributed by atoms with Crippen molar-refractivity contribution in [1.82, 2.24) is 14.7 Å². The second-order valence-corrected chi connectivity index (χ2v) is 4.29. The number of rotatable bonds is 3. The summed E-state index contributed by atoms with van der Waals surface area (Å²) < 4.78 is 5.98. The Balaban J connectivity index is 2.06. The summed E-state index contributed by atoms with van der Waals surface area (Å²) in [6, 6.07) is 2.75. The molecule has 0 N–H and O–H groups in total. The first-order valence-electron chi connectivity index (χ1n) is 6.02. The number of hydrogen-bond donors (Lipinski definition) is 0. The van der Waals surface area contributed by atoms with E-state index in [1.165, 1.54) is 19.2 Å². The molecule has 1 aliphatic rings. The summed E-state index contributed by atoms with van der Waals surface area (Å²) in [6.45, 7) is 0.691. The molecule has 0 radical (unpaired) electrons. The SMILES string of the molecule is COc1ccc(=O)n(CC(=O)N2CCC(=O)CC2)n1. The molecular weight excluding hydrogens is 250 g/mol. The maximum absolute atomic E-state index is 12.0. The Morgan fingerprint density at radius 3 is 2.63 bits per heavy atom. The molecule has 7 heteroatoms. The standard InChI is InChI=1S/C12H15N3O4/c1-19-10-2-3-11(17)15(13-10)8-12(18)14-6-4-9(16)5-7-14/h2-3H,4-8H2,1H3. The molecule has 0 spiro atoms. The van der Waals surface area contributed by atoms with Gasteiger partial charge in [-0.1, -0.05) is 0 Å². The highest BCUT2D eigenvalue weighted by Crippen LogP contribution is 2.06. The Kier molecular flexibility index (Phi) is 3.94. The van der Waals surface area contributed by atoms with Crippen molar-refractivity contribution >= 4 is 11.7 Å². The van der Waals surface area contributed by atoms with Crippen LogP contribution >= 0.6 is 0 Å². The molecular formula is C12H15N3O4. The Bertz CT molecular complexity index is 542. The summed E-state index contributed by atoms with van der Waals surface area (Å²) >= 11 is 0. The normalized spacial score (nSPS) is 15.4. The van der Waals surface area contributed by atoms with Crippen LogP contribution < -0.4 is 10.3 Å². The molecule has 1 saturated heterocycles. The van der Waals surface area contributed by atoms with Crippen LogP contribution in [0.1, 0.15) is 12.8 Å². The van der Waals surface area contributed by atoms with Crippen LogP contribution in [0, 0.1) is 0 Å². The minimum atomic E-state index is -0.359. The number of Topliss-reactive ketones (excluding diaryl/α,β-unsaturated/α-hetero) is 1. The number of ketones is 1. The molecule has 0 atom stereocenters. The van der Waals surface area contributed by atoms with Gasteiger partial charge >= 0.3 is 0 Å². The first kappa shape index (κ1) is 13.3. The minimum Gasteiger partial charge on any atom is -0.480 e. The quantitative estimate of drug-likeness (QED) is 0.732. The maximum atomic E-state index is 12.0. The van der Waals surface area contributed by atoms with Gasteiger partial charge in [0.05, 0.1) is 7.11 Å². The molecule has 1 fully saturated rings. The van der Waals surface area contributed by atoms with Crippen molar-refractivity contribution in [3.8, 4) is 5.88 Å². The van der Waals surface area contributed by atoms with Gasteiger partial charge in [0.2, 0.25) is 11.8 Å². The van der Waals surface area contributed by atoms with E-state index in [1.54, 1.807) is 4.90 Å². The van der Waals surface area contributed by atoms with Crippen LogP contribution in [0.5, 0.6) is 5.88 Å². The maximum Gasteiger partial charge on any atom is 0.267 e. The van der Waals surface area contributed by atoms with Gasteiger partial charge in [0.15, 0.2) is 0 Å². The lowest BCUT2D eigenvalue weighted by Gasteiger charge is -2.26. The zero-order valence-corrected chi connectivity index (χ0v) is 10.7. The van der Waals surface area contributed by atoms with Gasteiger partial charge in [0.25, 0.3) is 5.56 Å². The van der Waals surface area contributed by atoms with Crippen LogP contribution in [0.3, 0.4) is 0 Å². The third-order valence-electron chi connectivity index (χ3n) is 3.01. The first-order chi connectivity index (χ1) is 9.10. The molecule has 0 aromatic carbocycles. The summed E-state index contributed by atoms with van der Waals surface area (Å²) in [7, 11) is 1.44. The van der Waals surface area contributed by atoms with E-state index < -0.39 is 0 Å². The molecule has 0 aliphatic carbocycles. The van der Waals surface area contributed by atoms with Crippen LogP contribution in [0.2, 0.25) is 0 Å². The molecule has 102 valence electrons. The van der Waals surface area contributed by atoms with Gasteiger partial charge in [-0.25, -0.2) is 4.68 Å². The molecule has 19 heavy (non-hydrogen) atoms. The predicted octanol–water partition coefficient (Wildman–Crippen LogP) is -0.557. The van der Waals surface area contributed by atoms with Gasteiger partial charge < -0.3 is 9.64 Å². The lowest BCUT2D eigenvalue weighted by atomic mass is 10.1.